The van der Waals surface area contributed by atoms with Crippen LogP contribution in [0.4, 0.5) is 5.69 Å². The van der Waals surface area contributed by atoms with Crippen LogP contribution in [0.25, 0.3) is 0 Å². The SMILES string of the molecule is O=C1CSc2ccc(C(=O)NCc3cccc(Oc4ccccc4)c3)cc2N1. The van der Waals surface area contributed by atoms with Crippen LogP contribution in [0.15, 0.2) is 77.7 Å². The van der Waals surface area contributed by atoms with Crippen molar-refractivity contribution in [1.29, 1.82) is 0 Å². The van der Waals surface area contributed by atoms with E-state index in [9.17, 15) is 9.59 Å². The molecule has 2 N–H and O–H groups in total. The number of nitrogens with one attached hydrogen (secondary N) is 2. The van der Waals surface area contributed by atoms with Gasteiger partial charge in [0.15, 0.2) is 0 Å². The molecule has 0 saturated carbocycles. The zero-order valence-electron chi connectivity index (χ0n) is 15.0. The topological polar surface area (TPSA) is 67.4 Å². The van der Waals surface area contributed by atoms with Gasteiger partial charge in [0.05, 0.1) is 11.4 Å². The van der Waals surface area contributed by atoms with Crippen molar-refractivity contribution in [3.63, 3.8) is 0 Å². The minimum Gasteiger partial charge on any atom is -0.457 e. The zero-order chi connectivity index (χ0) is 19.3. The summed E-state index contributed by atoms with van der Waals surface area (Å²) in [6, 6.07) is 22.5. The Labute approximate surface area is 167 Å². The molecule has 3 aromatic carbocycles. The molecule has 3 aromatic rings. The molecule has 1 aliphatic heterocycles. The van der Waals surface area contributed by atoms with Gasteiger partial charge in [0, 0.05) is 17.0 Å². The molecule has 0 radical (unpaired) electrons. The fraction of sp³-hybridized carbons (Fsp3) is 0.0909. The number of rotatable bonds is 5. The number of carbonyl (C=O) groups is 2. The van der Waals surface area contributed by atoms with Crippen molar-refractivity contribution < 1.29 is 14.3 Å². The predicted molar refractivity (Wildman–Crippen MR) is 110 cm³/mol. The number of thioether (sulfide) groups is 1. The molecule has 140 valence electrons. The Balaban J connectivity index is 1.40. The number of para-hydroxylation sites is 1. The van der Waals surface area contributed by atoms with E-state index in [-0.39, 0.29) is 11.8 Å². The van der Waals surface area contributed by atoms with Crippen LogP contribution in [0, 0.1) is 0 Å². The molecule has 0 saturated heterocycles. The fourth-order valence-corrected chi connectivity index (χ4v) is 3.64. The first-order valence-corrected chi connectivity index (χ1v) is 9.83. The van der Waals surface area contributed by atoms with Gasteiger partial charge in [0.1, 0.15) is 11.5 Å². The van der Waals surface area contributed by atoms with E-state index in [1.807, 2.05) is 60.7 Å². The standard InChI is InChI=1S/C22H18N2O3S/c25-21-14-28-20-10-9-16(12-19(20)24-21)22(26)23-13-15-5-4-8-18(11-15)27-17-6-2-1-3-7-17/h1-12H,13-14H2,(H,23,26)(H,24,25). The Morgan fingerprint density at radius 3 is 2.68 bits per heavy atom. The highest BCUT2D eigenvalue weighted by Crippen LogP contribution is 2.32. The first-order chi connectivity index (χ1) is 13.7. The van der Waals surface area contributed by atoms with Crippen LogP contribution in [0.2, 0.25) is 0 Å². The molecular formula is C22H18N2O3S. The summed E-state index contributed by atoms with van der Waals surface area (Å²) in [5.41, 5.74) is 2.13. The van der Waals surface area contributed by atoms with Crippen molar-refractivity contribution in [2.24, 2.45) is 0 Å². The second kappa shape index (κ2) is 8.19. The van der Waals surface area contributed by atoms with Gasteiger partial charge in [-0.1, -0.05) is 30.3 Å². The third-order valence-electron chi connectivity index (χ3n) is 4.21. The molecule has 1 aliphatic rings. The van der Waals surface area contributed by atoms with Crippen LogP contribution in [-0.2, 0) is 11.3 Å². The van der Waals surface area contributed by atoms with Crippen LogP contribution in [0.1, 0.15) is 15.9 Å². The highest BCUT2D eigenvalue weighted by Gasteiger charge is 2.17. The maximum atomic E-state index is 12.5. The second-order valence-corrected chi connectivity index (χ2v) is 7.31. The molecular weight excluding hydrogens is 372 g/mol. The lowest BCUT2D eigenvalue weighted by atomic mass is 10.1. The van der Waals surface area contributed by atoms with E-state index in [1.54, 1.807) is 12.1 Å². The largest absolute Gasteiger partial charge is 0.457 e. The Morgan fingerprint density at radius 1 is 1.00 bits per heavy atom. The van der Waals surface area contributed by atoms with Gasteiger partial charge in [-0.05, 0) is 48.0 Å². The molecule has 5 nitrogen and oxygen atoms in total. The molecule has 0 unspecified atom stereocenters. The van der Waals surface area contributed by atoms with Gasteiger partial charge in [-0.2, -0.15) is 0 Å². The highest BCUT2D eigenvalue weighted by molar-refractivity contribution is 8.00. The summed E-state index contributed by atoms with van der Waals surface area (Å²) in [6.07, 6.45) is 0. The summed E-state index contributed by atoms with van der Waals surface area (Å²) in [5.74, 6) is 1.64. The molecule has 0 aromatic heterocycles. The predicted octanol–water partition coefficient (Wildman–Crippen LogP) is 4.45. The maximum absolute atomic E-state index is 12.5. The van der Waals surface area contributed by atoms with Crippen molar-refractivity contribution in [3.05, 3.63) is 83.9 Å². The van der Waals surface area contributed by atoms with Gasteiger partial charge in [-0.3, -0.25) is 9.59 Å². The first-order valence-electron chi connectivity index (χ1n) is 8.84. The second-order valence-electron chi connectivity index (χ2n) is 6.29. The van der Waals surface area contributed by atoms with E-state index in [0.717, 1.165) is 16.2 Å². The lowest BCUT2D eigenvalue weighted by Crippen LogP contribution is -2.24. The molecule has 2 amide bonds. The van der Waals surface area contributed by atoms with Crippen LogP contribution in [-0.4, -0.2) is 17.6 Å². The monoisotopic (exact) mass is 390 g/mol. The van der Waals surface area contributed by atoms with Crippen LogP contribution >= 0.6 is 11.8 Å². The Hall–Kier alpha value is -3.25. The third kappa shape index (κ3) is 4.35. The molecule has 0 atom stereocenters. The minimum absolute atomic E-state index is 0.0507. The number of anilines is 1. The van der Waals surface area contributed by atoms with E-state index in [2.05, 4.69) is 10.6 Å². The molecule has 28 heavy (non-hydrogen) atoms. The molecule has 6 heteroatoms. The molecule has 0 bridgehead atoms. The smallest absolute Gasteiger partial charge is 0.251 e. The highest BCUT2D eigenvalue weighted by atomic mass is 32.2. The van der Waals surface area contributed by atoms with Crippen LogP contribution in [0.5, 0.6) is 11.5 Å². The van der Waals surface area contributed by atoms with E-state index in [4.69, 9.17) is 4.74 Å². The fourth-order valence-electron chi connectivity index (χ4n) is 2.85. The Kier molecular flexibility index (Phi) is 5.30. The summed E-state index contributed by atoms with van der Waals surface area (Å²) in [7, 11) is 0. The summed E-state index contributed by atoms with van der Waals surface area (Å²) in [4.78, 5) is 25.0. The van der Waals surface area contributed by atoms with E-state index >= 15 is 0 Å². The summed E-state index contributed by atoms with van der Waals surface area (Å²) < 4.78 is 5.83. The van der Waals surface area contributed by atoms with Gasteiger partial charge in [0.2, 0.25) is 5.91 Å². The average Bonchev–Trinajstić information content (AvgIpc) is 2.72. The van der Waals surface area contributed by atoms with Gasteiger partial charge in [0.25, 0.3) is 5.91 Å². The van der Waals surface area contributed by atoms with E-state index in [0.29, 0.717) is 29.3 Å². The lowest BCUT2D eigenvalue weighted by Gasteiger charge is -2.17. The van der Waals surface area contributed by atoms with Crippen molar-refractivity contribution >= 4 is 29.3 Å². The average molecular weight is 390 g/mol. The van der Waals surface area contributed by atoms with Crippen LogP contribution < -0.4 is 15.4 Å². The molecule has 0 spiro atoms. The lowest BCUT2D eigenvalue weighted by molar-refractivity contribution is -0.113. The number of fused-ring (bicyclic) bond motifs is 1. The summed E-state index contributed by atoms with van der Waals surface area (Å²) in [6.45, 7) is 0.378. The van der Waals surface area contributed by atoms with Gasteiger partial charge in [-0.25, -0.2) is 0 Å². The minimum atomic E-state index is -0.193. The number of hydrogen-bond acceptors (Lipinski definition) is 4. The number of hydrogen-bond donors (Lipinski definition) is 2. The summed E-state index contributed by atoms with van der Waals surface area (Å²) in [5, 5.41) is 5.71. The number of amides is 2. The van der Waals surface area contributed by atoms with Gasteiger partial charge >= 0.3 is 0 Å². The van der Waals surface area contributed by atoms with E-state index in [1.165, 1.54) is 11.8 Å². The van der Waals surface area contributed by atoms with Gasteiger partial charge in [-0.15, -0.1) is 11.8 Å². The Morgan fingerprint density at radius 2 is 1.82 bits per heavy atom. The zero-order valence-corrected chi connectivity index (χ0v) is 15.8. The third-order valence-corrected chi connectivity index (χ3v) is 5.28. The molecule has 0 aliphatic carbocycles. The normalized spacial score (nSPS) is 12.6. The van der Waals surface area contributed by atoms with Crippen molar-refractivity contribution in [3.8, 4) is 11.5 Å². The van der Waals surface area contributed by atoms with Crippen molar-refractivity contribution in [1.82, 2.24) is 5.32 Å². The molecule has 0 fully saturated rings. The van der Waals surface area contributed by atoms with Gasteiger partial charge < -0.3 is 15.4 Å². The van der Waals surface area contributed by atoms with Crippen molar-refractivity contribution in [2.75, 3.05) is 11.1 Å². The Bertz CT molecular complexity index is 1020. The van der Waals surface area contributed by atoms with Crippen molar-refractivity contribution in [2.45, 2.75) is 11.4 Å². The molecule has 4 rings (SSSR count). The van der Waals surface area contributed by atoms with Crippen LogP contribution in [0.3, 0.4) is 0 Å². The van der Waals surface area contributed by atoms with E-state index < -0.39 is 0 Å². The number of carbonyl (C=O) groups excluding carboxylic acids is 2. The summed E-state index contributed by atoms with van der Waals surface area (Å²) >= 11 is 1.47. The molecule has 1 heterocycles. The maximum Gasteiger partial charge on any atom is 0.251 e. The number of ether oxygens (including phenoxy) is 1. The quantitative estimate of drug-likeness (QED) is 0.675. The first kappa shape index (κ1) is 18.1. The number of benzene rings is 3.